The van der Waals surface area contributed by atoms with E-state index in [4.69, 9.17) is 22.4 Å². The number of carbonyl (C=O) groups is 1. The molecule has 15 heavy (non-hydrogen) atoms. The highest BCUT2D eigenvalue weighted by Crippen LogP contribution is 2.24. The molecule has 76 valence electrons. The summed E-state index contributed by atoms with van der Waals surface area (Å²) in [6.45, 7) is 0. The summed E-state index contributed by atoms with van der Waals surface area (Å²) in [7, 11) is 0. The number of nitrogen functional groups attached to an aromatic ring is 1. The van der Waals surface area contributed by atoms with Gasteiger partial charge in [-0.1, -0.05) is 11.6 Å². The number of carboxylic acid groups (broad SMARTS) is 1. The van der Waals surface area contributed by atoms with Crippen molar-refractivity contribution in [1.29, 1.82) is 0 Å². The number of nitrogens with zero attached hydrogens (tertiary/aromatic N) is 1. The Kier molecular flexibility index (Phi) is 2.21. The number of carboxylic acids is 1. The van der Waals surface area contributed by atoms with Crippen molar-refractivity contribution >= 4 is 34.0 Å². The van der Waals surface area contributed by atoms with Gasteiger partial charge in [-0.15, -0.1) is 0 Å². The Morgan fingerprint density at radius 1 is 1.40 bits per heavy atom. The van der Waals surface area contributed by atoms with Crippen molar-refractivity contribution in [1.82, 2.24) is 4.98 Å². The zero-order valence-corrected chi connectivity index (χ0v) is 8.32. The van der Waals surface area contributed by atoms with E-state index in [0.29, 0.717) is 16.5 Å². The van der Waals surface area contributed by atoms with Crippen LogP contribution in [-0.2, 0) is 0 Å². The van der Waals surface area contributed by atoms with Crippen molar-refractivity contribution in [3.05, 3.63) is 35.1 Å². The smallest absolute Gasteiger partial charge is 0.354 e. The van der Waals surface area contributed by atoms with Crippen LogP contribution in [0.5, 0.6) is 0 Å². The molecule has 0 unspecified atom stereocenters. The number of aromatic carboxylic acids is 1. The Bertz CT molecular complexity index is 554. The number of fused-ring (bicyclic) bond motifs is 1. The fourth-order valence-electron chi connectivity index (χ4n) is 1.34. The summed E-state index contributed by atoms with van der Waals surface area (Å²) in [5.74, 6) is -1.11. The predicted molar refractivity (Wildman–Crippen MR) is 58.1 cm³/mol. The molecule has 0 amide bonds. The van der Waals surface area contributed by atoms with Gasteiger partial charge in [0.05, 0.1) is 0 Å². The second kappa shape index (κ2) is 3.40. The van der Waals surface area contributed by atoms with Gasteiger partial charge in [-0.05, 0) is 29.7 Å². The van der Waals surface area contributed by atoms with E-state index in [2.05, 4.69) is 4.98 Å². The zero-order chi connectivity index (χ0) is 11.0. The highest BCUT2D eigenvalue weighted by molar-refractivity contribution is 6.34. The molecule has 1 heterocycles. The van der Waals surface area contributed by atoms with Gasteiger partial charge in [-0.25, -0.2) is 9.78 Å². The fourth-order valence-corrected chi connectivity index (χ4v) is 1.61. The van der Waals surface area contributed by atoms with Crippen molar-refractivity contribution in [2.75, 3.05) is 5.73 Å². The Labute approximate surface area is 90.3 Å². The molecule has 0 spiro atoms. The molecule has 0 bridgehead atoms. The van der Waals surface area contributed by atoms with E-state index in [-0.39, 0.29) is 10.8 Å². The zero-order valence-electron chi connectivity index (χ0n) is 7.57. The normalized spacial score (nSPS) is 10.5. The summed E-state index contributed by atoms with van der Waals surface area (Å²) in [6.07, 6.45) is 0. The largest absolute Gasteiger partial charge is 0.477 e. The van der Waals surface area contributed by atoms with Crippen LogP contribution in [0.15, 0.2) is 24.3 Å². The first-order valence-electron chi connectivity index (χ1n) is 4.17. The summed E-state index contributed by atoms with van der Waals surface area (Å²) in [4.78, 5) is 14.5. The molecule has 2 rings (SSSR count). The lowest BCUT2D eigenvalue weighted by atomic mass is 10.1. The summed E-state index contributed by atoms with van der Waals surface area (Å²) in [5.41, 5.74) is 6.06. The number of anilines is 1. The molecule has 0 radical (unpaired) electrons. The van der Waals surface area contributed by atoms with E-state index >= 15 is 0 Å². The van der Waals surface area contributed by atoms with Crippen molar-refractivity contribution in [2.45, 2.75) is 0 Å². The van der Waals surface area contributed by atoms with Crippen molar-refractivity contribution in [2.24, 2.45) is 0 Å². The van der Waals surface area contributed by atoms with Crippen LogP contribution in [0.2, 0.25) is 5.15 Å². The number of aromatic nitrogens is 1. The van der Waals surface area contributed by atoms with E-state index in [0.717, 1.165) is 0 Å². The molecule has 0 aliphatic heterocycles. The average molecular weight is 223 g/mol. The van der Waals surface area contributed by atoms with E-state index < -0.39 is 5.97 Å². The van der Waals surface area contributed by atoms with E-state index in [9.17, 15) is 4.79 Å². The fraction of sp³-hybridized carbons (Fsp3) is 0. The summed E-state index contributed by atoms with van der Waals surface area (Å²) in [6, 6.07) is 6.51. The Hall–Kier alpha value is -1.81. The molecule has 0 aliphatic carbocycles. The van der Waals surface area contributed by atoms with Crippen LogP contribution < -0.4 is 5.73 Å². The number of benzene rings is 1. The van der Waals surface area contributed by atoms with Crippen LogP contribution in [0.25, 0.3) is 10.8 Å². The molecular weight excluding hydrogens is 216 g/mol. The SMILES string of the molecule is Nc1ccc2c(Cl)nc(C(=O)O)cc2c1. The quantitative estimate of drug-likeness (QED) is 0.573. The van der Waals surface area contributed by atoms with Crippen LogP contribution in [-0.4, -0.2) is 16.1 Å². The Balaban J connectivity index is 2.79. The molecular formula is C10H7ClN2O2. The number of hydrogen-bond acceptors (Lipinski definition) is 3. The standard InChI is InChI=1S/C10H7ClN2O2/c11-9-7-2-1-6(12)3-5(7)4-8(13-9)10(14)15/h1-4H,12H2,(H,14,15). The highest BCUT2D eigenvalue weighted by Gasteiger charge is 2.09. The molecule has 0 fully saturated rings. The first-order valence-corrected chi connectivity index (χ1v) is 4.55. The minimum absolute atomic E-state index is 0.0851. The van der Waals surface area contributed by atoms with E-state index in [1.807, 2.05) is 0 Å². The van der Waals surface area contributed by atoms with Gasteiger partial charge in [0.25, 0.3) is 0 Å². The summed E-state index contributed by atoms with van der Waals surface area (Å²) >= 11 is 5.84. The molecule has 3 N–H and O–H groups in total. The van der Waals surface area contributed by atoms with Gasteiger partial charge in [-0.2, -0.15) is 0 Å². The molecule has 4 nitrogen and oxygen atoms in total. The van der Waals surface area contributed by atoms with Gasteiger partial charge in [0.1, 0.15) is 5.15 Å². The Morgan fingerprint density at radius 2 is 2.13 bits per heavy atom. The van der Waals surface area contributed by atoms with Crippen molar-refractivity contribution in [3.8, 4) is 0 Å². The third kappa shape index (κ3) is 1.71. The van der Waals surface area contributed by atoms with E-state index in [1.54, 1.807) is 18.2 Å². The second-order valence-electron chi connectivity index (χ2n) is 3.08. The van der Waals surface area contributed by atoms with Crippen molar-refractivity contribution < 1.29 is 9.90 Å². The maximum absolute atomic E-state index is 10.7. The molecule has 5 heteroatoms. The van der Waals surface area contributed by atoms with Crippen LogP contribution in [0.1, 0.15) is 10.5 Å². The van der Waals surface area contributed by atoms with Crippen LogP contribution >= 0.6 is 11.6 Å². The molecule has 2 aromatic rings. The van der Waals surface area contributed by atoms with E-state index in [1.165, 1.54) is 6.07 Å². The number of nitrogens with two attached hydrogens (primary N) is 1. The van der Waals surface area contributed by atoms with Gasteiger partial charge in [0, 0.05) is 11.1 Å². The molecule has 0 atom stereocenters. The van der Waals surface area contributed by atoms with Gasteiger partial charge in [-0.3, -0.25) is 0 Å². The topological polar surface area (TPSA) is 76.2 Å². The van der Waals surface area contributed by atoms with Gasteiger partial charge >= 0.3 is 5.97 Å². The first-order chi connectivity index (χ1) is 7.08. The van der Waals surface area contributed by atoms with Crippen molar-refractivity contribution in [3.63, 3.8) is 0 Å². The van der Waals surface area contributed by atoms with Gasteiger partial charge in [0.2, 0.25) is 0 Å². The molecule has 0 saturated carbocycles. The highest BCUT2D eigenvalue weighted by atomic mass is 35.5. The van der Waals surface area contributed by atoms with Crippen LogP contribution in [0, 0.1) is 0 Å². The van der Waals surface area contributed by atoms with Crippen LogP contribution in [0.3, 0.4) is 0 Å². The third-order valence-corrected chi connectivity index (χ3v) is 2.32. The minimum atomic E-state index is -1.11. The first kappa shape index (κ1) is 9.73. The maximum Gasteiger partial charge on any atom is 0.354 e. The monoisotopic (exact) mass is 222 g/mol. The minimum Gasteiger partial charge on any atom is -0.477 e. The lowest BCUT2D eigenvalue weighted by molar-refractivity contribution is 0.0690. The average Bonchev–Trinajstić information content (AvgIpc) is 2.16. The second-order valence-corrected chi connectivity index (χ2v) is 3.44. The molecule has 1 aromatic carbocycles. The number of rotatable bonds is 1. The van der Waals surface area contributed by atoms with Crippen LogP contribution in [0.4, 0.5) is 5.69 Å². The lowest BCUT2D eigenvalue weighted by Crippen LogP contribution is -2.00. The molecule has 0 aliphatic rings. The predicted octanol–water partition coefficient (Wildman–Crippen LogP) is 2.17. The summed E-state index contributed by atoms with van der Waals surface area (Å²) in [5, 5.41) is 10.3. The maximum atomic E-state index is 10.7. The number of hydrogen-bond donors (Lipinski definition) is 2. The van der Waals surface area contributed by atoms with Gasteiger partial charge < -0.3 is 10.8 Å². The Morgan fingerprint density at radius 3 is 2.80 bits per heavy atom. The van der Waals surface area contributed by atoms with Gasteiger partial charge in [0.15, 0.2) is 5.69 Å². The third-order valence-electron chi connectivity index (χ3n) is 2.03. The lowest BCUT2D eigenvalue weighted by Gasteiger charge is -2.02. The molecule has 1 aromatic heterocycles. The number of pyridine rings is 1. The number of halogens is 1. The molecule has 0 saturated heterocycles. The summed E-state index contributed by atoms with van der Waals surface area (Å²) < 4.78 is 0.